The molecule has 7 nitrogen and oxygen atoms in total. The third-order valence-corrected chi connectivity index (χ3v) is 12.1. The van der Waals surface area contributed by atoms with E-state index in [1.807, 2.05) is 0 Å². The van der Waals surface area contributed by atoms with Crippen molar-refractivity contribution < 1.29 is 29.0 Å². The van der Waals surface area contributed by atoms with Crippen LogP contribution in [0.1, 0.15) is 85.5 Å². The molecule has 2 N–H and O–H groups in total. The van der Waals surface area contributed by atoms with Gasteiger partial charge in [0.1, 0.15) is 6.10 Å². The second-order valence-corrected chi connectivity index (χ2v) is 13.9. The van der Waals surface area contributed by atoms with Crippen LogP contribution < -0.4 is 5.48 Å². The highest BCUT2D eigenvalue weighted by atomic mass is 16.7. The number of esters is 1. The van der Waals surface area contributed by atoms with Crippen molar-refractivity contribution in [1.82, 2.24) is 5.48 Å². The number of hydrogen-bond donors (Lipinski definition) is 2. The Kier molecular flexibility index (Phi) is 6.59. The smallest absolute Gasteiger partial charge is 0.331 e. The fourth-order valence-corrected chi connectivity index (χ4v) is 10.1. The standard InChI is InChI=1S/C31H45NO6/c1-18-9-14-31(36-17-18)19(2)28-25(38-31)16-24-22-6-5-20-15-21(37-27(34)8-7-26(33)32-35)10-12-29(20,3)23(22)11-13-30(24,28)4/h5,7-8,18-19,21-25,28,35H,6,9-17H2,1-4H3,(H,32,33)/b8-7+/t18-,19+,21+,22-,23+,24+,25+,28+,29+,30+,31-/m1/s1. The van der Waals surface area contributed by atoms with Crippen molar-refractivity contribution in [2.24, 2.45) is 46.3 Å². The molecule has 5 fully saturated rings. The van der Waals surface area contributed by atoms with Crippen molar-refractivity contribution in [1.29, 1.82) is 0 Å². The number of amides is 1. The Morgan fingerprint density at radius 1 is 1.11 bits per heavy atom. The Hall–Kier alpha value is -1.70. The summed E-state index contributed by atoms with van der Waals surface area (Å²) in [5, 5.41) is 8.60. The van der Waals surface area contributed by atoms with Gasteiger partial charge in [0, 0.05) is 30.9 Å². The molecule has 2 aliphatic heterocycles. The van der Waals surface area contributed by atoms with E-state index in [1.165, 1.54) is 36.7 Å². The zero-order valence-corrected chi connectivity index (χ0v) is 23.4. The van der Waals surface area contributed by atoms with Crippen LogP contribution in [0.4, 0.5) is 0 Å². The quantitative estimate of drug-likeness (QED) is 0.169. The first-order valence-electron chi connectivity index (χ1n) is 14.9. The summed E-state index contributed by atoms with van der Waals surface area (Å²) >= 11 is 0. The van der Waals surface area contributed by atoms with E-state index in [9.17, 15) is 9.59 Å². The monoisotopic (exact) mass is 527 g/mol. The molecule has 0 bridgehead atoms. The molecule has 2 saturated heterocycles. The Balaban J connectivity index is 1.16. The summed E-state index contributed by atoms with van der Waals surface area (Å²) in [5.74, 6) is 2.06. The maximum atomic E-state index is 12.2. The Labute approximate surface area is 226 Å². The molecule has 3 saturated carbocycles. The van der Waals surface area contributed by atoms with Crippen molar-refractivity contribution in [2.75, 3.05) is 6.61 Å². The van der Waals surface area contributed by atoms with E-state index in [-0.39, 0.29) is 17.3 Å². The maximum Gasteiger partial charge on any atom is 0.331 e. The molecule has 210 valence electrons. The van der Waals surface area contributed by atoms with E-state index in [1.54, 1.807) is 0 Å². The number of allylic oxidation sites excluding steroid dienone is 1. The van der Waals surface area contributed by atoms with E-state index < -0.39 is 11.9 Å². The summed E-state index contributed by atoms with van der Waals surface area (Å²) < 4.78 is 19.0. The summed E-state index contributed by atoms with van der Waals surface area (Å²) in [6.07, 6.45) is 14.4. The lowest BCUT2D eigenvalue weighted by atomic mass is 9.47. The van der Waals surface area contributed by atoms with Gasteiger partial charge in [-0.2, -0.15) is 0 Å². The highest BCUT2D eigenvalue weighted by molar-refractivity contribution is 5.93. The van der Waals surface area contributed by atoms with Gasteiger partial charge in [-0.05, 0) is 85.4 Å². The van der Waals surface area contributed by atoms with Crippen LogP contribution in [0.3, 0.4) is 0 Å². The fourth-order valence-electron chi connectivity index (χ4n) is 10.1. The molecule has 0 aromatic carbocycles. The first kappa shape index (κ1) is 26.5. The number of hydroxylamine groups is 1. The largest absolute Gasteiger partial charge is 0.459 e. The predicted octanol–water partition coefficient (Wildman–Crippen LogP) is 5.33. The molecule has 1 amide bonds. The van der Waals surface area contributed by atoms with Gasteiger partial charge < -0.3 is 14.2 Å². The summed E-state index contributed by atoms with van der Waals surface area (Å²) in [4.78, 5) is 23.4. The molecule has 0 aromatic heterocycles. The Morgan fingerprint density at radius 2 is 1.92 bits per heavy atom. The molecule has 7 heteroatoms. The molecule has 0 unspecified atom stereocenters. The topological polar surface area (TPSA) is 94.1 Å². The molecule has 0 aromatic rings. The van der Waals surface area contributed by atoms with Gasteiger partial charge >= 0.3 is 5.97 Å². The minimum absolute atomic E-state index is 0.160. The second-order valence-electron chi connectivity index (χ2n) is 13.9. The first-order valence-corrected chi connectivity index (χ1v) is 14.9. The van der Waals surface area contributed by atoms with Gasteiger partial charge in [-0.1, -0.05) is 39.3 Å². The van der Waals surface area contributed by atoms with Crippen molar-refractivity contribution in [2.45, 2.75) is 103 Å². The van der Waals surface area contributed by atoms with Crippen molar-refractivity contribution in [3.63, 3.8) is 0 Å². The van der Waals surface area contributed by atoms with Gasteiger partial charge in [-0.15, -0.1) is 0 Å². The van der Waals surface area contributed by atoms with Gasteiger partial charge in [-0.3, -0.25) is 10.0 Å². The number of carbonyl (C=O) groups is 2. The average Bonchev–Trinajstić information content (AvgIpc) is 3.34. The molecule has 2 heterocycles. The number of ether oxygens (including phenoxy) is 3. The van der Waals surface area contributed by atoms with Crippen LogP contribution in [0.5, 0.6) is 0 Å². The summed E-state index contributed by atoms with van der Waals surface area (Å²) in [5.41, 5.74) is 3.41. The Morgan fingerprint density at radius 3 is 2.66 bits per heavy atom. The third-order valence-electron chi connectivity index (χ3n) is 12.1. The molecule has 1 spiro atoms. The SMILES string of the molecule is C[C@@H]1CC[C@@]2(OC1)O[C@H]1C[C@H]3[C@@H]4CC=C5C[C@@H](OC(=O)/C=C/C(=O)NO)CC[C@]5(C)[C@H]4CC[C@]3(C)[C@H]1[C@@H]2C. The highest BCUT2D eigenvalue weighted by Crippen LogP contribution is 2.70. The van der Waals surface area contributed by atoms with Crippen LogP contribution in [-0.2, 0) is 23.8 Å². The Bertz CT molecular complexity index is 1030. The van der Waals surface area contributed by atoms with E-state index in [2.05, 4.69) is 33.8 Å². The lowest BCUT2D eigenvalue weighted by Gasteiger charge is -2.58. The molecule has 38 heavy (non-hydrogen) atoms. The highest BCUT2D eigenvalue weighted by Gasteiger charge is 2.68. The molecule has 0 radical (unpaired) electrons. The van der Waals surface area contributed by atoms with Gasteiger partial charge in [0.2, 0.25) is 0 Å². The average molecular weight is 528 g/mol. The second kappa shape index (κ2) is 9.45. The molecule has 4 aliphatic carbocycles. The van der Waals surface area contributed by atoms with Crippen LogP contribution in [0.25, 0.3) is 0 Å². The molecular formula is C31H45NO6. The van der Waals surface area contributed by atoms with E-state index in [4.69, 9.17) is 19.4 Å². The van der Waals surface area contributed by atoms with Crippen LogP contribution in [0.15, 0.2) is 23.8 Å². The van der Waals surface area contributed by atoms with Crippen LogP contribution in [0.2, 0.25) is 0 Å². The van der Waals surface area contributed by atoms with Crippen molar-refractivity contribution >= 4 is 11.9 Å². The molecular weight excluding hydrogens is 482 g/mol. The number of carbonyl (C=O) groups excluding carboxylic acids is 2. The van der Waals surface area contributed by atoms with Crippen LogP contribution in [-0.4, -0.2) is 41.7 Å². The summed E-state index contributed by atoms with van der Waals surface area (Å²) in [6.45, 7) is 10.6. The fraction of sp³-hybridized carbons (Fsp3) is 0.806. The third kappa shape index (κ3) is 4.02. The zero-order chi connectivity index (χ0) is 26.9. The number of nitrogens with one attached hydrogen (secondary N) is 1. The minimum atomic E-state index is -0.740. The van der Waals surface area contributed by atoms with E-state index >= 15 is 0 Å². The summed E-state index contributed by atoms with van der Waals surface area (Å²) in [6, 6.07) is 0. The molecule has 11 atom stereocenters. The number of hydrogen-bond acceptors (Lipinski definition) is 6. The number of fused-ring (bicyclic) bond motifs is 7. The summed E-state index contributed by atoms with van der Waals surface area (Å²) in [7, 11) is 0. The zero-order valence-electron chi connectivity index (χ0n) is 23.4. The first-order chi connectivity index (χ1) is 18.1. The number of rotatable bonds is 3. The maximum absolute atomic E-state index is 12.2. The minimum Gasteiger partial charge on any atom is -0.459 e. The molecule has 6 aliphatic rings. The lowest BCUT2D eigenvalue weighted by Crippen LogP contribution is -2.52. The van der Waals surface area contributed by atoms with Gasteiger partial charge in [0.05, 0.1) is 12.7 Å². The van der Waals surface area contributed by atoms with Crippen LogP contribution >= 0.6 is 0 Å². The predicted molar refractivity (Wildman–Crippen MR) is 141 cm³/mol. The van der Waals surface area contributed by atoms with E-state index in [0.29, 0.717) is 47.0 Å². The van der Waals surface area contributed by atoms with Gasteiger partial charge in [0.25, 0.3) is 5.91 Å². The van der Waals surface area contributed by atoms with Gasteiger partial charge in [-0.25, -0.2) is 10.3 Å². The van der Waals surface area contributed by atoms with Gasteiger partial charge in [0.15, 0.2) is 5.79 Å². The normalized spacial score (nSPS) is 49.6. The van der Waals surface area contributed by atoms with Crippen molar-refractivity contribution in [3.8, 4) is 0 Å². The van der Waals surface area contributed by atoms with E-state index in [0.717, 1.165) is 50.9 Å². The molecule has 6 rings (SSSR count). The van der Waals surface area contributed by atoms with Crippen molar-refractivity contribution in [3.05, 3.63) is 23.8 Å². The lowest BCUT2D eigenvalue weighted by molar-refractivity contribution is -0.272. The van der Waals surface area contributed by atoms with Crippen LogP contribution in [0, 0.1) is 46.3 Å².